The number of nitrogens with zero attached hydrogens (tertiary/aromatic N) is 4. The van der Waals surface area contributed by atoms with E-state index in [9.17, 15) is 9.59 Å². The first-order valence-electron chi connectivity index (χ1n) is 9.69. The molecule has 1 aromatic carbocycles. The van der Waals surface area contributed by atoms with Gasteiger partial charge in [0.2, 0.25) is 5.95 Å². The Kier molecular flexibility index (Phi) is 4.47. The van der Waals surface area contributed by atoms with Crippen molar-refractivity contribution in [1.82, 2.24) is 15.0 Å². The fourth-order valence-corrected chi connectivity index (χ4v) is 4.85. The lowest BCUT2D eigenvalue weighted by Crippen LogP contribution is -2.30. The third-order valence-electron chi connectivity index (χ3n) is 5.21. The highest BCUT2D eigenvalue weighted by molar-refractivity contribution is 7.19. The standard InChI is InChI=1S/C21H19N5O3S/c1-11-10-29-21(28)26(11)20-24-16-7-6-14-9-22-19(25-17(14)18(16)30-20)23-15-5-3-4-13(8-15)12(2)27/h3-5,8-9,11H,6-7,10H2,1-2H3,(H,22,23,25). The molecule has 1 amide bonds. The summed E-state index contributed by atoms with van der Waals surface area (Å²) in [5, 5.41) is 3.83. The van der Waals surface area contributed by atoms with Crippen LogP contribution in [0.1, 0.15) is 35.5 Å². The monoisotopic (exact) mass is 421 g/mol. The first-order chi connectivity index (χ1) is 14.5. The number of benzene rings is 1. The van der Waals surface area contributed by atoms with E-state index in [2.05, 4.69) is 10.3 Å². The van der Waals surface area contributed by atoms with Crippen molar-refractivity contribution in [2.45, 2.75) is 32.7 Å². The predicted octanol–water partition coefficient (Wildman–Crippen LogP) is 3.99. The molecule has 30 heavy (non-hydrogen) atoms. The summed E-state index contributed by atoms with van der Waals surface area (Å²) < 4.78 is 5.14. The average molecular weight is 421 g/mol. The van der Waals surface area contributed by atoms with Gasteiger partial charge in [-0.05, 0) is 44.4 Å². The van der Waals surface area contributed by atoms with Crippen LogP contribution in [0.4, 0.5) is 21.6 Å². The molecule has 5 rings (SSSR count). The van der Waals surface area contributed by atoms with Gasteiger partial charge >= 0.3 is 6.09 Å². The molecule has 3 heterocycles. The van der Waals surface area contributed by atoms with Gasteiger partial charge in [-0.25, -0.2) is 24.6 Å². The molecule has 1 unspecified atom stereocenters. The Morgan fingerprint density at radius 3 is 2.93 bits per heavy atom. The highest BCUT2D eigenvalue weighted by Crippen LogP contribution is 2.41. The van der Waals surface area contributed by atoms with Crippen molar-refractivity contribution < 1.29 is 14.3 Å². The summed E-state index contributed by atoms with van der Waals surface area (Å²) >= 11 is 1.46. The zero-order chi connectivity index (χ0) is 20.8. The highest BCUT2D eigenvalue weighted by Gasteiger charge is 2.35. The van der Waals surface area contributed by atoms with Crippen LogP contribution in [0.2, 0.25) is 0 Å². The third kappa shape index (κ3) is 3.21. The Balaban J connectivity index is 1.48. The Morgan fingerprint density at radius 1 is 1.30 bits per heavy atom. The van der Waals surface area contributed by atoms with Crippen molar-refractivity contribution in [3.63, 3.8) is 0 Å². The Bertz CT molecular complexity index is 1180. The van der Waals surface area contributed by atoms with E-state index in [1.165, 1.54) is 18.3 Å². The Hall–Kier alpha value is -3.33. The van der Waals surface area contributed by atoms with Crippen LogP contribution in [0.15, 0.2) is 30.5 Å². The molecule has 0 radical (unpaired) electrons. The maximum atomic E-state index is 12.1. The maximum absolute atomic E-state index is 12.1. The number of rotatable bonds is 4. The number of ketones is 1. The number of nitrogens with one attached hydrogen (secondary N) is 1. The first-order valence-corrected chi connectivity index (χ1v) is 10.5. The van der Waals surface area contributed by atoms with Crippen molar-refractivity contribution in [2.75, 3.05) is 16.8 Å². The van der Waals surface area contributed by atoms with E-state index in [4.69, 9.17) is 14.7 Å². The molecule has 1 N–H and O–H groups in total. The van der Waals surface area contributed by atoms with Gasteiger partial charge in [0.1, 0.15) is 6.61 Å². The van der Waals surface area contributed by atoms with Crippen molar-refractivity contribution in [3.05, 3.63) is 47.3 Å². The van der Waals surface area contributed by atoms with Crippen LogP contribution in [-0.2, 0) is 17.6 Å². The summed E-state index contributed by atoms with van der Waals surface area (Å²) in [6, 6.07) is 7.20. The van der Waals surface area contributed by atoms with E-state index in [-0.39, 0.29) is 17.9 Å². The molecule has 1 atom stereocenters. The molecular formula is C21H19N5O3S. The van der Waals surface area contributed by atoms with Gasteiger partial charge in [0.15, 0.2) is 10.9 Å². The largest absolute Gasteiger partial charge is 0.447 e. The predicted molar refractivity (Wildman–Crippen MR) is 114 cm³/mol. The van der Waals surface area contributed by atoms with E-state index in [0.717, 1.165) is 40.4 Å². The number of carbonyl (C=O) groups is 2. The minimum Gasteiger partial charge on any atom is -0.447 e. The van der Waals surface area contributed by atoms with Crippen LogP contribution in [-0.4, -0.2) is 39.5 Å². The van der Waals surface area contributed by atoms with Crippen LogP contribution in [0, 0.1) is 0 Å². The fourth-order valence-electron chi connectivity index (χ4n) is 3.62. The van der Waals surface area contributed by atoms with Crippen LogP contribution in [0.25, 0.3) is 10.6 Å². The molecular weight excluding hydrogens is 402 g/mol. The fraction of sp³-hybridized carbons (Fsp3) is 0.286. The molecule has 1 aliphatic carbocycles. The van der Waals surface area contributed by atoms with Crippen molar-refractivity contribution in [3.8, 4) is 10.6 Å². The zero-order valence-electron chi connectivity index (χ0n) is 16.5. The number of hydrogen-bond acceptors (Lipinski definition) is 8. The van der Waals surface area contributed by atoms with E-state index < -0.39 is 0 Å². The lowest BCUT2D eigenvalue weighted by Gasteiger charge is -2.15. The quantitative estimate of drug-likeness (QED) is 0.636. The smallest absolute Gasteiger partial charge is 0.416 e. The maximum Gasteiger partial charge on any atom is 0.416 e. The van der Waals surface area contributed by atoms with E-state index in [0.29, 0.717) is 23.3 Å². The molecule has 0 spiro atoms. The number of ether oxygens (including phenoxy) is 1. The molecule has 0 bridgehead atoms. The molecule has 0 saturated carbocycles. The summed E-state index contributed by atoms with van der Waals surface area (Å²) in [6.45, 7) is 3.85. The molecule has 1 saturated heterocycles. The second-order valence-corrected chi connectivity index (χ2v) is 8.38. The van der Waals surface area contributed by atoms with Gasteiger partial charge in [-0.2, -0.15) is 0 Å². The minimum absolute atomic E-state index is 0.00140. The molecule has 2 aromatic heterocycles. The third-order valence-corrected chi connectivity index (χ3v) is 6.32. The number of carbonyl (C=O) groups excluding carboxylic acids is 2. The van der Waals surface area contributed by atoms with Crippen molar-refractivity contribution >= 4 is 40.0 Å². The topological polar surface area (TPSA) is 97.3 Å². The van der Waals surface area contributed by atoms with Gasteiger partial charge in [-0.3, -0.25) is 4.79 Å². The van der Waals surface area contributed by atoms with Crippen LogP contribution in [0.3, 0.4) is 0 Å². The van der Waals surface area contributed by atoms with Crippen LogP contribution >= 0.6 is 11.3 Å². The number of aryl methyl sites for hydroxylation is 2. The van der Waals surface area contributed by atoms with E-state index in [1.54, 1.807) is 17.0 Å². The number of anilines is 3. The Morgan fingerprint density at radius 2 is 2.17 bits per heavy atom. The molecule has 3 aromatic rings. The highest BCUT2D eigenvalue weighted by atomic mass is 32.1. The van der Waals surface area contributed by atoms with Gasteiger partial charge in [0.25, 0.3) is 0 Å². The number of amides is 1. The molecule has 9 heteroatoms. The first kappa shape index (κ1) is 18.7. The number of Topliss-reactive ketones (excluding diaryl/α,β-unsaturated/α-hetero) is 1. The van der Waals surface area contributed by atoms with Crippen LogP contribution in [0.5, 0.6) is 0 Å². The second-order valence-electron chi connectivity index (χ2n) is 7.40. The summed E-state index contributed by atoms with van der Waals surface area (Å²) in [7, 11) is 0. The van der Waals surface area contributed by atoms with Crippen molar-refractivity contribution in [2.24, 2.45) is 0 Å². The van der Waals surface area contributed by atoms with Gasteiger partial charge in [-0.15, -0.1) is 0 Å². The summed E-state index contributed by atoms with van der Waals surface area (Å²) in [4.78, 5) is 40.2. The summed E-state index contributed by atoms with van der Waals surface area (Å²) in [5.74, 6) is 0.452. The molecule has 1 fully saturated rings. The van der Waals surface area contributed by atoms with Crippen LogP contribution < -0.4 is 10.2 Å². The minimum atomic E-state index is -0.357. The molecule has 152 valence electrons. The molecule has 2 aliphatic rings. The lowest BCUT2D eigenvalue weighted by atomic mass is 10.00. The van der Waals surface area contributed by atoms with E-state index >= 15 is 0 Å². The Labute approximate surface area is 176 Å². The zero-order valence-corrected chi connectivity index (χ0v) is 17.3. The number of fused-ring (bicyclic) bond motifs is 3. The number of aromatic nitrogens is 3. The summed E-state index contributed by atoms with van der Waals surface area (Å²) in [6.07, 6.45) is 3.05. The summed E-state index contributed by atoms with van der Waals surface area (Å²) in [5.41, 5.74) is 4.20. The number of cyclic esters (lactones) is 1. The number of thiazole rings is 1. The van der Waals surface area contributed by atoms with Gasteiger partial charge < -0.3 is 10.1 Å². The normalized spacial score (nSPS) is 17.3. The molecule has 1 aliphatic heterocycles. The SMILES string of the molecule is CC(=O)c1cccc(Nc2ncc3c(n2)-c2sc(N4C(=O)OCC4C)nc2CC3)c1. The second kappa shape index (κ2) is 7.17. The van der Waals surface area contributed by atoms with Gasteiger partial charge in [0, 0.05) is 17.4 Å². The van der Waals surface area contributed by atoms with E-state index in [1.807, 2.05) is 25.3 Å². The average Bonchev–Trinajstić information content (AvgIpc) is 3.30. The van der Waals surface area contributed by atoms with Gasteiger partial charge in [-0.1, -0.05) is 23.5 Å². The van der Waals surface area contributed by atoms with Gasteiger partial charge in [0.05, 0.1) is 22.3 Å². The number of hydrogen-bond donors (Lipinski definition) is 1. The lowest BCUT2D eigenvalue weighted by molar-refractivity contribution is 0.101. The van der Waals surface area contributed by atoms with Crippen molar-refractivity contribution in [1.29, 1.82) is 0 Å². The molecule has 8 nitrogen and oxygen atoms in total.